The van der Waals surface area contributed by atoms with Crippen molar-refractivity contribution in [3.05, 3.63) is 58.5 Å². The molecule has 1 aromatic carbocycles. The van der Waals surface area contributed by atoms with Crippen molar-refractivity contribution in [3.63, 3.8) is 0 Å². The second-order valence-corrected chi connectivity index (χ2v) is 10.7. The van der Waals surface area contributed by atoms with E-state index in [4.69, 9.17) is 9.47 Å². The van der Waals surface area contributed by atoms with Crippen molar-refractivity contribution in [3.8, 4) is 11.1 Å². The Bertz CT molecular complexity index is 1130. The number of rotatable bonds is 5. The lowest BCUT2D eigenvalue weighted by atomic mass is 9.70. The SMILES string of the molecule is CCOC(=O)c1cn(C[C@]2(O)CCN(C(=O)OC(C)(C)C)CC2(C)C)c(=O)cc1-c1ccccc1. The lowest BCUT2D eigenvalue weighted by Crippen LogP contribution is -2.61. The van der Waals surface area contributed by atoms with Crippen LogP contribution in [-0.2, 0) is 16.0 Å². The van der Waals surface area contributed by atoms with Crippen LogP contribution in [-0.4, -0.2) is 57.5 Å². The largest absolute Gasteiger partial charge is 0.462 e. The van der Waals surface area contributed by atoms with Crippen molar-refractivity contribution in [1.29, 1.82) is 0 Å². The zero-order valence-corrected chi connectivity index (χ0v) is 21.5. The summed E-state index contributed by atoms with van der Waals surface area (Å²) in [6.07, 6.45) is 1.29. The monoisotopic (exact) mass is 484 g/mol. The minimum atomic E-state index is -1.30. The molecule has 1 amide bonds. The molecule has 8 nitrogen and oxygen atoms in total. The first-order valence-corrected chi connectivity index (χ1v) is 11.9. The molecule has 0 aliphatic carbocycles. The number of benzene rings is 1. The average Bonchev–Trinajstić information content (AvgIpc) is 2.76. The third kappa shape index (κ3) is 5.93. The molecule has 35 heavy (non-hydrogen) atoms. The van der Waals surface area contributed by atoms with Crippen LogP contribution in [0.2, 0.25) is 0 Å². The van der Waals surface area contributed by atoms with Gasteiger partial charge in [0.05, 0.1) is 24.3 Å². The molecule has 1 fully saturated rings. The van der Waals surface area contributed by atoms with Gasteiger partial charge in [-0.05, 0) is 39.7 Å². The molecule has 1 saturated heterocycles. The van der Waals surface area contributed by atoms with Crippen molar-refractivity contribution in [2.75, 3.05) is 19.7 Å². The Morgan fingerprint density at radius 1 is 1.14 bits per heavy atom. The van der Waals surface area contributed by atoms with E-state index in [1.807, 2.05) is 65.0 Å². The number of hydrogen-bond acceptors (Lipinski definition) is 6. The van der Waals surface area contributed by atoms with Gasteiger partial charge in [-0.1, -0.05) is 44.2 Å². The van der Waals surface area contributed by atoms with Gasteiger partial charge in [-0.15, -0.1) is 0 Å². The van der Waals surface area contributed by atoms with Crippen LogP contribution in [0.5, 0.6) is 0 Å². The highest BCUT2D eigenvalue weighted by atomic mass is 16.6. The van der Waals surface area contributed by atoms with Gasteiger partial charge in [0.2, 0.25) is 0 Å². The Hall–Kier alpha value is -3.13. The fourth-order valence-electron chi connectivity index (χ4n) is 4.34. The van der Waals surface area contributed by atoms with E-state index in [-0.39, 0.29) is 43.8 Å². The number of aromatic nitrogens is 1. The zero-order chi connectivity index (χ0) is 26.0. The first kappa shape index (κ1) is 26.5. The highest BCUT2D eigenvalue weighted by Gasteiger charge is 2.49. The van der Waals surface area contributed by atoms with Crippen LogP contribution in [0.1, 0.15) is 58.3 Å². The lowest BCUT2D eigenvalue weighted by molar-refractivity contribution is -0.126. The molecule has 8 heteroatoms. The molecule has 3 rings (SSSR count). The summed E-state index contributed by atoms with van der Waals surface area (Å²) in [6.45, 7) is 11.6. The summed E-state index contributed by atoms with van der Waals surface area (Å²) in [4.78, 5) is 40.1. The smallest absolute Gasteiger partial charge is 0.410 e. The Morgan fingerprint density at radius 3 is 2.37 bits per heavy atom. The number of nitrogens with zero attached hydrogens (tertiary/aromatic N) is 2. The van der Waals surface area contributed by atoms with Gasteiger partial charge in [0, 0.05) is 36.3 Å². The number of carbonyl (C=O) groups is 2. The molecule has 2 aromatic rings. The molecule has 0 unspecified atom stereocenters. The predicted octanol–water partition coefficient (Wildman–Crippen LogP) is 4.09. The molecule has 1 aliphatic heterocycles. The third-order valence-corrected chi connectivity index (χ3v) is 6.43. The molecule has 1 aliphatic rings. The molecule has 0 bridgehead atoms. The Kier molecular flexibility index (Phi) is 7.45. The first-order chi connectivity index (χ1) is 16.3. The molecule has 0 saturated carbocycles. The zero-order valence-electron chi connectivity index (χ0n) is 21.5. The van der Waals surface area contributed by atoms with E-state index in [9.17, 15) is 19.5 Å². The van der Waals surface area contributed by atoms with Crippen LogP contribution >= 0.6 is 0 Å². The number of ether oxygens (including phenoxy) is 2. The number of aliphatic hydroxyl groups is 1. The highest BCUT2D eigenvalue weighted by molar-refractivity contribution is 5.96. The van der Waals surface area contributed by atoms with E-state index in [1.165, 1.54) is 16.8 Å². The number of esters is 1. The molecular formula is C27H36N2O6. The van der Waals surface area contributed by atoms with E-state index in [0.29, 0.717) is 5.56 Å². The van der Waals surface area contributed by atoms with Gasteiger partial charge in [0.15, 0.2) is 0 Å². The van der Waals surface area contributed by atoms with E-state index in [2.05, 4.69) is 0 Å². The minimum absolute atomic E-state index is 0.0253. The maximum absolute atomic E-state index is 13.1. The number of likely N-dealkylation sites (tertiary alicyclic amines) is 1. The summed E-state index contributed by atoms with van der Waals surface area (Å²) in [5, 5.41) is 11.7. The Labute approximate surface area is 206 Å². The van der Waals surface area contributed by atoms with E-state index < -0.39 is 28.7 Å². The first-order valence-electron chi connectivity index (χ1n) is 11.9. The topological polar surface area (TPSA) is 98.1 Å². The van der Waals surface area contributed by atoms with E-state index >= 15 is 0 Å². The van der Waals surface area contributed by atoms with Crippen molar-refractivity contribution in [2.24, 2.45) is 5.41 Å². The van der Waals surface area contributed by atoms with Crippen molar-refractivity contribution in [2.45, 2.75) is 65.7 Å². The summed E-state index contributed by atoms with van der Waals surface area (Å²) in [5.74, 6) is -0.536. The number of hydrogen-bond donors (Lipinski definition) is 1. The van der Waals surface area contributed by atoms with Crippen LogP contribution < -0.4 is 5.56 Å². The van der Waals surface area contributed by atoms with Gasteiger partial charge in [-0.25, -0.2) is 9.59 Å². The van der Waals surface area contributed by atoms with E-state index in [1.54, 1.807) is 11.8 Å². The lowest BCUT2D eigenvalue weighted by Gasteiger charge is -2.50. The predicted molar refractivity (Wildman–Crippen MR) is 133 cm³/mol. The van der Waals surface area contributed by atoms with Crippen LogP contribution in [0, 0.1) is 5.41 Å². The molecule has 1 aromatic heterocycles. The molecule has 0 spiro atoms. The van der Waals surface area contributed by atoms with Gasteiger partial charge in [0.25, 0.3) is 5.56 Å². The van der Waals surface area contributed by atoms with Crippen molar-refractivity contribution in [1.82, 2.24) is 9.47 Å². The van der Waals surface area contributed by atoms with Gasteiger partial charge >= 0.3 is 12.1 Å². The molecule has 0 radical (unpaired) electrons. The van der Waals surface area contributed by atoms with E-state index in [0.717, 1.165) is 5.56 Å². The molecule has 1 N–H and O–H groups in total. The maximum Gasteiger partial charge on any atom is 0.410 e. The second kappa shape index (κ2) is 9.85. The van der Waals surface area contributed by atoms with Crippen LogP contribution in [0.4, 0.5) is 4.79 Å². The van der Waals surface area contributed by atoms with Crippen LogP contribution in [0.3, 0.4) is 0 Å². The summed E-state index contributed by atoms with van der Waals surface area (Å²) >= 11 is 0. The van der Waals surface area contributed by atoms with Crippen LogP contribution in [0.25, 0.3) is 11.1 Å². The minimum Gasteiger partial charge on any atom is -0.462 e. The summed E-state index contributed by atoms with van der Waals surface area (Å²) in [7, 11) is 0. The normalized spacial score (nSPS) is 19.8. The number of pyridine rings is 1. The summed E-state index contributed by atoms with van der Waals surface area (Å²) in [6, 6.07) is 10.6. The highest BCUT2D eigenvalue weighted by Crippen LogP contribution is 2.40. The van der Waals surface area contributed by atoms with Gasteiger partial charge < -0.3 is 24.0 Å². The third-order valence-electron chi connectivity index (χ3n) is 6.43. The molecule has 1 atom stereocenters. The fraction of sp³-hybridized carbons (Fsp3) is 0.519. The standard InChI is InChI=1S/C27H36N2O6/c1-7-34-23(31)21-16-29(22(30)15-20(21)19-11-9-8-10-12-19)18-27(33)13-14-28(17-26(27,5)6)24(32)35-25(2,3)4/h8-12,15-16,33H,7,13-14,17-18H2,1-6H3/t27-/m1/s1. The fourth-order valence-corrected chi connectivity index (χ4v) is 4.34. The molecule has 2 heterocycles. The van der Waals surface area contributed by atoms with Gasteiger partial charge in [-0.3, -0.25) is 4.79 Å². The summed E-state index contributed by atoms with van der Waals surface area (Å²) in [5.41, 5.74) is -1.53. The molecule has 190 valence electrons. The molecular weight excluding hydrogens is 448 g/mol. The van der Waals surface area contributed by atoms with Crippen molar-refractivity contribution >= 4 is 12.1 Å². The summed E-state index contributed by atoms with van der Waals surface area (Å²) < 4.78 is 12.1. The Morgan fingerprint density at radius 2 is 1.80 bits per heavy atom. The van der Waals surface area contributed by atoms with Gasteiger partial charge in [-0.2, -0.15) is 0 Å². The number of carbonyl (C=O) groups excluding carboxylic acids is 2. The quantitative estimate of drug-likeness (QED) is 0.642. The average molecular weight is 485 g/mol. The van der Waals surface area contributed by atoms with Crippen molar-refractivity contribution < 1.29 is 24.2 Å². The number of amides is 1. The second-order valence-electron chi connectivity index (χ2n) is 10.7. The van der Waals surface area contributed by atoms with Gasteiger partial charge in [0.1, 0.15) is 5.60 Å². The maximum atomic E-state index is 13.1. The Balaban J connectivity index is 1.93. The van der Waals surface area contributed by atoms with Crippen LogP contribution in [0.15, 0.2) is 47.4 Å². The number of piperidine rings is 1.